The van der Waals surface area contributed by atoms with Gasteiger partial charge in [-0.3, -0.25) is 4.98 Å². The van der Waals surface area contributed by atoms with Gasteiger partial charge in [0, 0.05) is 5.57 Å². The fourth-order valence-corrected chi connectivity index (χ4v) is 1.91. The highest BCUT2D eigenvalue weighted by Gasteiger charge is 2.13. The molecule has 0 radical (unpaired) electrons. The summed E-state index contributed by atoms with van der Waals surface area (Å²) in [5.41, 5.74) is 8.38. The van der Waals surface area contributed by atoms with Crippen LogP contribution in [0.5, 0.6) is 0 Å². The first-order valence-electron chi connectivity index (χ1n) is 7.56. The number of nitrogen functional groups attached to an aromatic ring is 1. The minimum atomic E-state index is 0.688. The van der Waals surface area contributed by atoms with Crippen LogP contribution >= 0.6 is 0 Å². The van der Waals surface area contributed by atoms with Crippen molar-refractivity contribution in [2.75, 3.05) is 12.3 Å². The lowest BCUT2D eigenvalue weighted by Gasteiger charge is -2.17. The molecule has 1 heterocycles. The lowest BCUT2D eigenvalue weighted by atomic mass is 10.0. The van der Waals surface area contributed by atoms with Crippen molar-refractivity contribution in [1.29, 1.82) is 0 Å². The number of ether oxygens (including phenoxy) is 1. The van der Waals surface area contributed by atoms with Crippen molar-refractivity contribution in [2.45, 2.75) is 46.5 Å². The van der Waals surface area contributed by atoms with Crippen molar-refractivity contribution < 1.29 is 4.74 Å². The summed E-state index contributed by atoms with van der Waals surface area (Å²) in [6.45, 7) is 6.94. The molecule has 0 amide bonds. The molecule has 0 aliphatic heterocycles. The molecule has 1 aliphatic rings. The van der Waals surface area contributed by atoms with Gasteiger partial charge in [0.1, 0.15) is 5.76 Å². The maximum absolute atomic E-state index is 5.84. The highest BCUT2D eigenvalue weighted by molar-refractivity contribution is 5.76. The van der Waals surface area contributed by atoms with Crippen LogP contribution in [0.4, 0.5) is 5.69 Å². The van der Waals surface area contributed by atoms with E-state index in [1.165, 1.54) is 0 Å². The van der Waals surface area contributed by atoms with Crippen molar-refractivity contribution in [3.8, 4) is 0 Å². The number of unbranched alkanes of at least 4 members (excludes halogenated alkanes) is 1. The summed E-state index contributed by atoms with van der Waals surface area (Å²) >= 11 is 0. The van der Waals surface area contributed by atoms with Crippen molar-refractivity contribution in [2.24, 2.45) is 0 Å². The highest BCUT2D eigenvalue weighted by Crippen LogP contribution is 2.28. The first-order chi connectivity index (χ1) is 9.81. The number of aromatic nitrogens is 1. The summed E-state index contributed by atoms with van der Waals surface area (Å²) in [6, 6.07) is 3.82. The van der Waals surface area contributed by atoms with Crippen LogP contribution in [0.2, 0.25) is 0 Å². The summed E-state index contributed by atoms with van der Waals surface area (Å²) in [5.74, 6) is 0.965. The van der Waals surface area contributed by atoms with E-state index >= 15 is 0 Å². The molecule has 0 atom stereocenters. The SMILES string of the molecule is CC.CCCCOC1=CCCC=C1c1ccc(N)cn1. The van der Waals surface area contributed by atoms with Gasteiger partial charge in [-0.2, -0.15) is 0 Å². The summed E-state index contributed by atoms with van der Waals surface area (Å²) in [7, 11) is 0. The Bertz CT molecular complexity index is 447. The molecule has 0 aromatic carbocycles. The Morgan fingerprint density at radius 3 is 2.60 bits per heavy atom. The average Bonchev–Trinajstić information content (AvgIpc) is 2.51. The molecule has 0 fully saturated rings. The second kappa shape index (κ2) is 9.18. The van der Waals surface area contributed by atoms with E-state index < -0.39 is 0 Å². The molecule has 0 bridgehead atoms. The number of nitrogens with two attached hydrogens (primary N) is 1. The molecular weight excluding hydrogens is 248 g/mol. The van der Waals surface area contributed by atoms with Gasteiger partial charge in [0.15, 0.2) is 0 Å². The molecule has 3 nitrogen and oxygen atoms in total. The first-order valence-corrected chi connectivity index (χ1v) is 7.56. The normalized spacial score (nSPS) is 13.8. The van der Waals surface area contributed by atoms with Crippen molar-refractivity contribution >= 4 is 11.3 Å². The Morgan fingerprint density at radius 1 is 1.20 bits per heavy atom. The monoisotopic (exact) mass is 274 g/mol. The van der Waals surface area contributed by atoms with Crippen molar-refractivity contribution in [3.05, 3.63) is 41.9 Å². The van der Waals surface area contributed by atoms with E-state index in [1.807, 2.05) is 26.0 Å². The molecule has 0 saturated heterocycles. The Hall–Kier alpha value is -1.77. The Morgan fingerprint density at radius 2 is 1.95 bits per heavy atom. The van der Waals surface area contributed by atoms with Crippen molar-refractivity contribution in [1.82, 2.24) is 4.98 Å². The molecule has 0 unspecified atom stereocenters. The van der Waals surface area contributed by atoms with Crippen molar-refractivity contribution in [3.63, 3.8) is 0 Å². The zero-order chi connectivity index (χ0) is 14.8. The standard InChI is InChI=1S/C15H20N2O.C2H6/c1-2-3-10-18-15-7-5-4-6-13(15)14-9-8-12(16)11-17-14;1-2/h6-9,11H,2-5,10,16H2,1H3;1-2H3. The van der Waals surface area contributed by atoms with Gasteiger partial charge in [-0.15, -0.1) is 0 Å². The summed E-state index contributed by atoms with van der Waals surface area (Å²) < 4.78 is 5.84. The maximum atomic E-state index is 5.84. The fourth-order valence-electron chi connectivity index (χ4n) is 1.91. The predicted molar refractivity (Wildman–Crippen MR) is 86.2 cm³/mol. The van der Waals surface area contributed by atoms with Crippen LogP contribution < -0.4 is 5.73 Å². The minimum Gasteiger partial charge on any atom is -0.493 e. The fraction of sp³-hybridized carbons (Fsp3) is 0.471. The quantitative estimate of drug-likeness (QED) is 0.800. The molecular formula is C17H26N2O. The van der Waals surface area contributed by atoms with Gasteiger partial charge in [-0.05, 0) is 37.5 Å². The molecule has 1 aliphatic carbocycles. The molecule has 0 spiro atoms. The summed E-state index contributed by atoms with van der Waals surface area (Å²) in [4.78, 5) is 4.37. The summed E-state index contributed by atoms with van der Waals surface area (Å²) in [6.07, 6.45) is 10.4. The smallest absolute Gasteiger partial charge is 0.124 e. The zero-order valence-corrected chi connectivity index (χ0v) is 12.9. The number of allylic oxidation sites excluding steroid dienone is 3. The van der Waals surface area contributed by atoms with Gasteiger partial charge < -0.3 is 10.5 Å². The van der Waals surface area contributed by atoms with E-state index in [9.17, 15) is 0 Å². The van der Waals surface area contributed by atoms with E-state index in [4.69, 9.17) is 10.5 Å². The molecule has 1 aromatic heterocycles. The second-order valence-electron chi connectivity index (χ2n) is 4.44. The van der Waals surface area contributed by atoms with Gasteiger partial charge in [-0.25, -0.2) is 0 Å². The maximum Gasteiger partial charge on any atom is 0.124 e. The van der Waals surface area contributed by atoms with Gasteiger partial charge in [0.25, 0.3) is 0 Å². The Balaban J connectivity index is 0.000000956. The number of hydrogen-bond donors (Lipinski definition) is 1. The van der Waals surface area contributed by atoms with Crippen LogP contribution in [0.1, 0.15) is 52.1 Å². The molecule has 110 valence electrons. The number of pyridine rings is 1. The van der Waals surface area contributed by atoms with Gasteiger partial charge >= 0.3 is 0 Å². The number of rotatable bonds is 5. The second-order valence-corrected chi connectivity index (χ2v) is 4.44. The van der Waals surface area contributed by atoms with E-state index in [0.29, 0.717) is 5.69 Å². The number of hydrogen-bond acceptors (Lipinski definition) is 3. The van der Waals surface area contributed by atoms with Gasteiger partial charge in [0.2, 0.25) is 0 Å². The Labute approximate surface area is 122 Å². The lowest BCUT2D eigenvalue weighted by molar-refractivity contribution is 0.220. The molecule has 2 N–H and O–H groups in total. The van der Waals surface area contributed by atoms with E-state index in [0.717, 1.165) is 49.3 Å². The van der Waals surface area contributed by atoms with Gasteiger partial charge in [-0.1, -0.05) is 33.3 Å². The van der Waals surface area contributed by atoms with Crippen LogP contribution in [0.15, 0.2) is 36.2 Å². The van der Waals surface area contributed by atoms with E-state index in [1.54, 1.807) is 6.20 Å². The molecule has 1 aromatic rings. The van der Waals surface area contributed by atoms with E-state index in [-0.39, 0.29) is 0 Å². The number of nitrogens with zero attached hydrogens (tertiary/aromatic N) is 1. The third kappa shape index (κ3) is 4.72. The highest BCUT2D eigenvalue weighted by atomic mass is 16.5. The summed E-state index contributed by atoms with van der Waals surface area (Å²) in [5, 5.41) is 0. The Kier molecular flexibility index (Phi) is 7.48. The third-order valence-corrected chi connectivity index (χ3v) is 2.93. The largest absolute Gasteiger partial charge is 0.493 e. The first kappa shape index (κ1) is 16.3. The van der Waals surface area contributed by atoms with Crippen LogP contribution in [0, 0.1) is 0 Å². The number of anilines is 1. The molecule has 3 heteroatoms. The lowest BCUT2D eigenvalue weighted by Crippen LogP contribution is -2.03. The molecule has 20 heavy (non-hydrogen) atoms. The van der Waals surface area contributed by atoms with Crippen LogP contribution in [-0.4, -0.2) is 11.6 Å². The predicted octanol–water partition coefficient (Wildman–Crippen LogP) is 4.57. The van der Waals surface area contributed by atoms with Crippen LogP contribution in [0.25, 0.3) is 5.57 Å². The molecule has 2 rings (SSSR count). The van der Waals surface area contributed by atoms with Crippen LogP contribution in [-0.2, 0) is 4.74 Å². The van der Waals surface area contributed by atoms with Crippen LogP contribution in [0.3, 0.4) is 0 Å². The average molecular weight is 274 g/mol. The molecule has 0 saturated carbocycles. The van der Waals surface area contributed by atoms with E-state index in [2.05, 4.69) is 24.1 Å². The van der Waals surface area contributed by atoms with Gasteiger partial charge in [0.05, 0.1) is 24.2 Å². The zero-order valence-electron chi connectivity index (χ0n) is 12.9. The topological polar surface area (TPSA) is 48.1 Å². The minimum absolute atomic E-state index is 0.688. The third-order valence-electron chi connectivity index (χ3n) is 2.93.